The van der Waals surface area contributed by atoms with Crippen LogP contribution in [-0.2, 0) is 6.61 Å². The normalized spacial score (nSPS) is 12.6. The van der Waals surface area contributed by atoms with Crippen LogP contribution in [0.2, 0.25) is 0 Å². The Morgan fingerprint density at radius 2 is 1.94 bits per heavy atom. The summed E-state index contributed by atoms with van der Waals surface area (Å²) in [6, 6.07) is 6.70. The number of rotatable bonds is 0. The largest absolute Gasteiger partial charge is 0.503 e. The first-order valence-corrected chi connectivity index (χ1v) is 5.51. The lowest BCUT2D eigenvalue weighted by molar-refractivity contribution is 0.277. The van der Waals surface area contributed by atoms with Crippen molar-refractivity contribution in [3.8, 4) is 22.6 Å². The lowest BCUT2D eigenvalue weighted by Crippen LogP contribution is -2.08. The summed E-state index contributed by atoms with van der Waals surface area (Å²) in [6.45, 7) is 2.15. The molecule has 18 heavy (non-hydrogen) atoms. The topological polar surface area (TPSA) is 29.5 Å². The van der Waals surface area contributed by atoms with E-state index in [1.165, 1.54) is 0 Å². The first-order valence-electron chi connectivity index (χ1n) is 5.51. The molecule has 0 aliphatic carbocycles. The van der Waals surface area contributed by atoms with Crippen molar-refractivity contribution < 1.29 is 18.6 Å². The molecule has 1 aliphatic rings. The Bertz CT molecular complexity index is 651. The van der Waals surface area contributed by atoms with Crippen LogP contribution in [0.1, 0.15) is 11.1 Å². The second kappa shape index (κ2) is 3.70. The predicted octanol–water partition coefficient (Wildman–Crippen LogP) is 3.54. The molecular weight excluding hydrogens is 238 g/mol. The van der Waals surface area contributed by atoms with Gasteiger partial charge in [0.15, 0.2) is 17.3 Å². The minimum atomic E-state index is -1.05. The number of phenolic OH excluding ortho intramolecular Hbond substituents is 1. The SMILES string of the molecule is Cc1ccc2c(c1)COc1c-2cc(F)c(O)c1F. The summed E-state index contributed by atoms with van der Waals surface area (Å²) in [5.41, 5.74) is 3.01. The molecule has 0 atom stereocenters. The second-order valence-electron chi connectivity index (χ2n) is 4.35. The zero-order valence-corrected chi connectivity index (χ0v) is 9.63. The quantitative estimate of drug-likeness (QED) is 0.772. The van der Waals surface area contributed by atoms with Gasteiger partial charge in [0.25, 0.3) is 0 Å². The van der Waals surface area contributed by atoms with Crippen molar-refractivity contribution in [2.24, 2.45) is 0 Å². The van der Waals surface area contributed by atoms with Gasteiger partial charge in [-0.15, -0.1) is 0 Å². The van der Waals surface area contributed by atoms with E-state index in [0.29, 0.717) is 5.56 Å². The number of halogens is 2. The summed E-state index contributed by atoms with van der Waals surface area (Å²) in [7, 11) is 0. The average molecular weight is 248 g/mol. The highest BCUT2D eigenvalue weighted by atomic mass is 19.1. The average Bonchev–Trinajstić information content (AvgIpc) is 2.35. The summed E-state index contributed by atoms with van der Waals surface area (Å²) in [4.78, 5) is 0. The van der Waals surface area contributed by atoms with Crippen LogP contribution in [0.25, 0.3) is 11.1 Å². The Morgan fingerprint density at radius 3 is 2.72 bits per heavy atom. The van der Waals surface area contributed by atoms with Crippen molar-refractivity contribution in [2.45, 2.75) is 13.5 Å². The molecule has 0 fully saturated rings. The van der Waals surface area contributed by atoms with E-state index in [4.69, 9.17) is 4.74 Å². The Hall–Kier alpha value is -2.10. The van der Waals surface area contributed by atoms with Gasteiger partial charge in [-0.25, -0.2) is 4.39 Å². The number of aromatic hydroxyl groups is 1. The van der Waals surface area contributed by atoms with Crippen molar-refractivity contribution in [3.05, 3.63) is 47.0 Å². The number of benzene rings is 2. The Balaban J connectivity index is 2.31. The highest BCUT2D eigenvalue weighted by molar-refractivity contribution is 5.76. The number of hydrogen-bond donors (Lipinski definition) is 1. The first kappa shape index (κ1) is 11.0. The number of fused-ring (bicyclic) bond motifs is 3. The molecule has 0 aromatic heterocycles. The third-order valence-electron chi connectivity index (χ3n) is 3.07. The maximum atomic E-state index is 13.7. The van der Waals surface area contributed by atoms with Crippen LogP contribution in [-0.4, -0.2) is 5.11 Å². The standard InChI is InChI=1S/C14H10F2O2/c1-7-2-3-9-8(4-7)6-18-14-10(9)5-11(15)13(17)12(14)16/h2-5,17H,6H2,1H3. The van der Waals surface area contributed by atoms with Gasteiger partial charge < -0.3 is 9.84 Å². The van der Waals surface area contributed by atoms with Gasteiger partial charge in [0.05, 0.1) is 0 Å². The van der Waals surface area contributed by atoms with E-state index in [9.17, 15) is 13.9 Å². The molecule has 2 aromatic rings. The molecule has 0 saturated heterocycles. The number of hydrogen-bond acceptors (Lipinski definition) is 2. The second-order valence-corrected chi connectivity index (χ2v) is 4.35. The number of ether oxygens (including phenoxy) is 1. The highest BCUT2D eigenvalue weighted by Crippen LogP contribution is 2.43. The Labute approximate surface area is 102 Å². The molecule has 1 aliphatic heterocycles. The molecule has 2 nitrogen and oxygen atoms in total. The summed E-state index contributed by atoms with van der Waals surface area (Å²) < 4.78 is 32.4. The zero-order chi connectivity index (χ0) is 12.9. The molecule has 4 heteroatoms. The van der Waals surface area contributed by atoms with Crippen molar-refractivity contribution in [1.29, 1.82) is 0 Å². The molecule has 1 heterocycles. The van der Waals surface area contributed by atoms with Gasteiger partial charge >= 0.3 is 0 Å². The van der Waals surface area contributed by atoms with Crippen LogP contribution >= 0.6 is 0 Å². The molecular formula is C14H10F2O2. The zero-order valence-electron chi connectivity index (χ0n) is 9.63. The van der Waals surface area contributed by atoms with Crippen LogP contribution in [0.15, 0.2) is 24.3 Å². The molecule has 0 bridgehead atoms. The fraction of sp³-hybridized carbons (Fsp3) is 0.143. The van der Waals surface area contributed by atoms with E-state index in [2.05, 4.69) is 0 Å². The number of aryl methyl sites for hydroxylation is 1. The van der Waals surface area contributed by atoms with Gasteiger partial charge in [0, 0.05) is 5.56 Å². The molecule has 1 N–H and O–H groups in total. The summed E-state index contributed by atoms with van der Waals surface area (Å²) >= 11 is 0. The number of phenols is 1. The first-order chi connectivity index (χ1) is 8.58. The van der Waals surface area contributed by atoms with E-state index in [1.807, 2.05) is 25.1 Å². The Morgan fingerprint density at radius 1 is 1.17 bits per heavy atom. The van der Waals surface area contributed by atoms with Crippen molar-refractivity contribution in [1.82, 2.24) is 0 Å². The molecule has 0 radical (unpaired) electrons. The van der Waals surface area contributed by atoms with Crippen LogP contribution in [0.3, 0.4) is 0 Å². The summed E-state index contributed by atoms with van der Waals surface area (Å²) in [5.74, 6) is -3.12. The fourth-order valence-electron chi connectivity index (χ4n) is 2.19. The van der Waals surface area contributed by atoms with Gasteiger partial charge in [0.1, 0.15) is 6.61 Å². The Kier molecular flexibility index (Phi) is 2.26. The van der Waals surface area contributed by atoms with Gasteiger partial charge in [0.2, 0.25) is 5.82 Å². The molecule has 2 aromatic carbocycles. The van der Waals surface area contributed by atoms with Gasteiger partial charge in [-0.05, 0) is 24.1 Å². The molecule has 3 rings (SSSR count). The molecule has 0 spiro atoms. The minimum Gasteiger partial charge on any atom is -0.503 e. The lowest BCUT2D eigenvalue weighted by Gasteiger charge is -2.22. The maximum Gasteiger partial charge on any atom is 0.210 e. The van der Waals surface area contributed by atoms with Crippen molar-refractivity contribution in [2.75, 3.05) is 0 Å². The monoisotopic (exact) mass is 248 g/mol. The fourth-order valence-corrected chi connectivity index (χ4v) is 2.19. The maximum absolute atomic E-state index is 13.7. The van der Waals surface area contributed by atoms with Crippen molar-refractivity contribution >= 4 is 0 Å². The third-order valence-corrected chi connectivity index (χ3v) is 3.07. The smallest absolute Gasteiger partial charge is 0.210 e. The lowest BCUT2D eigenvalue weighted by atomic mass is 9.95. The van der Waals surface area contributed by atoms with Crippen LogP contribution < -0.4 is 4.74 Å². The van der Waals surface area contributed by atoms with Crippen LogP contribution in [0.5, 0.6) is 11.5 Å². The van der Waals surface area contributed by atoms with Crippen LogP contribution in [0, 0.1) is 18.6 Å². The molecule has 0 unspecified atom stereocenters. The van der Waals surface area contributed by atoms with E-state index >= 15 is 0 Å². The van der Waals surface area contributed by atoms with Gasteiger partial charge in [-0.2, -0.15) is 4.39 Å². The molecule has 0 saturated carbocycles. The van der Waals surface area contributed by atoms with E-state index in [-0.39, 0.29) is 12.4 Å². The van der Waals surface area contributed by atoms with E-state index < -0.39 is 17.4 Å². The minimum absolute atomic E-state index is 0.0924. The van der Waals surface area contributed by atoms with Gasteiger partial charge in [-0.3, -0.25) is 0 Å². The third kappa shape index (κ3) is 1.45. The molecule has 92 valence electrons. The van der Waals surface area contributed by atoms with Crippen molar-refractivity contribution in [3.63, 3.8) is 0 Å². The predicted molar refractivity (Wildman–Crippen MR) is 62.5 cm³/mol. The highest BCUT2D eigenvalue weighted by Gasteiger charge is 2.25. The van der Waals surface area contributed by atoms with Gasteiger partial charge in [-0.1, -0.05) is 23.8 Å². The molecule has 0 amide bonds. The van der Waals surface area contributed by atoms with Crippen LogP contribution in [0.4, 0.5) is 8.78 Å². The summed E-state index contributed by atoms with van der Waals surface area (Å²) in [5, 5.41) is 9.22. The van der Waals surface area contributed by atoms with E-state index in [0.717, 1.165) is 22.8 Å². The summed E-state index contributed by atoms with van der Waals surface area (Å²) in [6.07, 6.45) is 0. The van der Waals surface area contributed by atoms with E-state index in [1.54, 1.807) is 0 Å².